The third-order valence-electron chi connectivity index (χ3n) is 2.49. The highest BCUT2D eigenvalue weighted by Crippen LogP contribution is 2.31. The molecule has 0 aliphatic carbocycles. The molecule has 2 nitrogen and oxygen atoms in total. The fraction of sp³-hybridized carbons (Fsp3) is 0.500. The Bertz CT molecular complexity index is 559. The molecule has 0 atom stereocenters. The van der Waals surface area contributed by atoms with Crippen LogP contribution >= 0.6 is 0 Å². The lowest BCUT2D eigenvalue weighted by atomic mass is 9.84. The summed E-state index contributed by atoms with van der Waals surface area (Å²) in [6.45, 7) is -1.97. The van der Waals surface area contributed by atoms with Gasteiger partial charge in [-0.15, -0.1) is 0 Å². The SMILES string of the molecule is [2H]C([2H])([2H])C(C1=NC(C)(C)CO1)(c1ccccc1)C([2H])([2H])[2H]. The van der Waals surface area contributed by atoms with Crippen LogP contribution in [0.3, 0.4) is 0 Å². The summed E-state index contributed by atoms with van der Waals surface area (Å²) in [5.74, 6) is -0.233. The van der Waals surface area contributed by atoms with Crippen molar-refractivity contribution >= 4 is 5.90 Å². The molecule has 0 saturated heterocycles. The zero-order valence-electron chi connectivity index (χ0n) is 15.4. The Morgan fingerprint density at radius 1 is 1.31 bits per heavy atom. The highest BCUT2D eigenvalue weighted by molar-refractivity contribution is 5.88. The van der Waals surface area contributed by atoms with Gasteiger partial charge in [0.05, 0.1) is 11.0 Å². The molecule has 16 heavy (non-hydrogen) atoms. The first kappa shape index (κ1) is 5.85. The molecular weight excluding hydrogens is 198 g/mol. The molecule has 1 heterocycles. The molecule has 2 rings (SSSR count). The molecule has 0 fully saturated rings. The summed E-state index contributed by atoms with van der Waals surface area (Å²) in [5, 5.41) is 0. The zero-order chi connectivity index (χ0) is 16.8. The van der Waals surface area contributed by atoms with Crippen molar-refractivity contribution in [1.29, 1.82) is 0 Å². The number of aliphatic imine (C=N–C) groups is 1. The van der Waals surface area contributed by atoms with Crippen LogP contribution in [0.4, 0.5) is 0 Å². The van der Waals surface area contributed by atoms with Crippen LogP contribution in [0.2, 0.25) is 0 Å². The van der Waals surface area contributed by atoms with Crippen molar-refractivity contribution in [3.8, 4) is 0 Å². The molecule has 1 aliphatic heterocycles. The molecule has 0 aromatic heterocycles. The summed E-state index contributed by atoms with van der Waals surface area (Å²) in [6.07, 6.45) is 0. The van der Waals surface area contributed by atoms with Crippen LogP contribution in [0.15, 0.2) is 35.3 Å². The molecule has 0 amide bonds. The van der Waals surface area contributed by atoms with Crippen LogP contribution in [-0.2, 0) is 10.2 Å². The van der Waals surface area contributed by atoms with Gasteiger partial charge in [-0.2, -0.15) is 0 Å². The van der Waals surface area contributed by atoms with E-state index in [-0.39, 0.29) is 18.1 Å². The van der Waals surface area contributed by atoms with E-state index in [9.17, 15) is 0 Å². The summed E-state index contributed by atoms with van der Waals surface area (Å²) >= 11 is 0. The van der Waals surface area contributed by atoms with E-state index in [0.717, 1.165) is 0 Å². The van der Waals surface area contributed by atoms with Crippen LogP contribution in [0.25, 0.3) is 0 Å². The first-order chi connectivity index (χ1) is 9.92. The van der Waals surface area contributed by atoms with E-state index >= 15 is 0 Å². The number of hydrogen-bond acceptors (Lipinski definition) is 2. The highest BCUT2D eigenvalue weighted by atomic mass is 16.5. The minimum absolute atomic E-state index is 0.156. The maximum absolute atomic E-state index is 7.94. The Labute approximate surface area is 106 Å². The highest BCUT2D eigenvalue weighted by Gasteiger charge is 2.36. The van der Waals surface area contributed by atoms with Gasteiger partial charge in [0.25, 0.3) is 0 Å². The van der Waals surface area contributed by atoms with Gasteiger partial charge in [-0.05, 0) is 33.1 Å². The van der Waals surface area contributed by atoms with Crippen LogP contribution < -0.4 is 0 Å². The van der Waals surface area contributed by atoms with Gasteiger partial charge in [0.1, 0.15) is 6.61 Å². The van der Waals surface area contributed by atoms with E-state index in [1.807, 2.05) is 0 Å². The molecular formula is C14H19NO. The van der Waals surface area contributed by atoms with E-state index < -0.39 is 24.7 Å². The Balaban J connectivity index is 2.80. The molecule has 2 heteroatoms. The first-order valence-electron chi connectivity index (χ1n) is 8.20. The van der Waals surface area contributed by atoms with Crippen molar-refractivity contribution in [2.45, 2.75) is 38.5 Å². The molecule has 0 N–H and O–H groups in total. The van der Waals surface area contributed by atoms with Gasteiger partial charge in [0.2, 0.25) is 0 Å². The van der Waals surface area contributed by atoms with Crippen molar-refractivity contribution in [3.05, 3.63) is 35.9 Å². The fourth-order valence-electron chi connectivity index (χ4n) is 1.59. The Morgan fingerprint density at radius 3 is 2.50 bits per heavy atom. The third kappa shape index (κ3) is 1.97. The third-order valence-corrected chi connectivity index (χ3v) is 2.49. The largest absolute Gasteiger partial charge is 0.478 e. The number of rotatable bonds is 2. The Kier molecular flexibility index (Phi) is 1.32. The topological polar surface area (TPSA) is 21.6 Å². The van der Waals surface area contributed by atoms with Gasteiger partial charge < -0.3 is 4.74 Å². The van der Waals surface area contributed by atoms with Crippen molar-refractivity contribution in [3.63, 3.8) is 0 Å². The normalized spacial score (nSPS) is 26.2. The van der Waals surface area contributed by atoms with Gasteiger partial charge >= 0.3 is 0 Å². The molecule has 0 radical (unpaired) electrons. The molecule has 0 bridgehead atoms. The summed E-state index contributed by atoms with van der Waals surface area (Å²) in [5.41, 5.74) is -2.76. The maximum Gasteiger partial charge on any atom is 0.194 e. The summed E-state index contributed by atoms with van der Waals surface area (Å²) in [6, 6.07) is 7.92. The van der Waals surface area contributed by atoms with Crippen molar-refractivity contribution in [2.75, 3.05) is 6.61 Å². The first-order valence-corrected chi connectivity index (χ1v) is 5.20. The van der Waals surface area contributed by atoms with Gasteiger partial charge in [0, 0.05) is 8.22 Å². The lowest BCUT2D eigenvalue weighted by Crippen LogP contribution is -2.29. The van der Waals surface area contributed by atoms with Crippen LogP contribution in [0.5, 0.6) is 0 Å². The smallest absolute Gasteiger partial charge is 0.194 e. The van der Waals surface area contributed by atoms with E-state index in [1.54, 1.807) is 32.0 Å². The van der Waals surface area contributed by atoms with Gasteiger partial charge in [-0.25, -0.2) is 4.99 Å². The van der Waals surface area contributed by atoms with Crippen molar-refractivity contribution in [2.24, 2.45) is 4.99 Å². The van der Waals surface area contributed by atoms with E-state index in [4.69, 9.17) is 13.0 Å². The second kappa shape index (κ2) is 3.62. The molecule has 86 valence electrons. The Hall–Kier alpha value is -1.31. The average Bonchev–Trinajstić information content (AvgIpc) is 2.68. The second-order valence-electron chi connectivity index (χ2n) is 4.63. The van der Waals surface area contributed by atoms with E-state index in [0.29, 0.717) is 0 Å². The molecule has 0 spiro atoms. The summed E-state index contributed by atoms with van der Waals surface area (Å²) < 4.78 is 53.1. The number of benzene rings is 1. The zero-order valence-corrected chi connectivity index (χ0v) is 9.45. The predicted octanol–water partition coefficient (Wildman–Crippen LogP) is 3.17. The van der Waals surface area contributed by atoms with Gasteiger partial charge in [0.15, 0.2) is 5.90 Å². The summed E-state index contributed by atoms with van der Waals surface area (Å²) in [7, 11) is 0. The Morgan fingerprint density at radius 2 is 2.00 bits per heavy atom. The minimum atomic E-state index is -2.83. The average molecular weight is 223 g/mol. The monoisotopic (exact) mass is 223 g/mol. The molecule has 1 aliphatic rings. The standard InChI is InChI=1S/C14H19NO/c1-13(2)10-16-12(15-13)14(3,4)11-8-6-5-7-9-11/h5-9H,10H2,1-4H3/i3D3,4D3. The lowest BCUT2D eigenvalue weighted by molar-refractivity contribution is 0.263. The number of nitrogens with zero attached hydrogens (tertiary/aromatic N) is 1. The fourth-order valence-corrected chi connectivity index (χ4v) is 1.59. The van der Waals surface area contributed by atoms with Crippen molar-refractivity contribution < 1.29 is 13.0 Å². The van der Waals surface area contributed by atoms with Crippen LogP contribution in [0.1, 0.15) is 41.3 Å². The molecule has 0 unspecified atom stereocenters. The molecule has 0 saturated carbocycles. The maximum atomic E-state index is 7.94. The van der Waals surface area contributed by atoms with E-state index in [1.165, 1.54) is 12.1 Å². The lowest BCUT2D eigenvalue weighted by Gasteiger charge is -2.24. The number of hydrogen-bond donors (Lipinski definition) is 0. The quantitative estimate of drug-likeness (QED) is 0.754. The van der Waals surface area contributed by atoms with Gasteiger partial charge in [-0.3, -0.25) is 0 Å². The van der Waals surface area contributed by atoms with E-state index in [2.05, 4.69) is 4.99 Å². The molecule has 1 aromatic carbocycles. The predicted molar refractivity (Wildman–Crippen MR) is 66.9 cm³/mol. The molecule has 1 aromatic rings. The van der Waals surface area contributed by atoms with Crippen molar-refractivity contribution in [1.82, 2.24) is 0 Å². The number of ether oxygens (including phenoxy) is 1. The second-order valence-corrected chi connectivity index (χ2v) is 4.63. The minimum Gasteiger partial charge on any atom is -0.478 e. The van der Waals surface area contributed by atoms with Crippen LogP contribution in [0, 0.1) is 0 Å². The van der Waals surface area contributed by atoms with Crippen LogP contribution in [-0.4, -0.2) is 18.0 Å². The van der Waals surface area contributed by atoms with Gasteiger partial charge in [-0.1, -0.05) is 30.3 Å². The summed E-state index contributed by atoms with van der Waals surface area (Å²) in [4.78, 5) is 4.28.